The van der Waals surface area contributed by atoms with Gasteiger partial charge in [0.1, 0.15) is 0 Å². The summed E-state index contributed by atoms with van der Waals surface area (Å²) in [6.45, 7) is 13.6. The van der Waals surface area contributed by atoms with Gasteiger partial charge in [0.2, 0.25) is 5.91 Å². The zero-order valence-corrected chi connectivity index (χ0v) is 12.6. The van der Waals surface area contributed by atoms with Gasteiger partial charge in [0, 0.05) is 51.7 Å². The quantitative estimate of drug-likeness (QED) is 0.801. The molecule has 1 fully saturated rings. The number of nitrogens with zero attached hydrogens (tertiary/aromatic N) is 2. The summed E-state index contributed by atoms with van der Waals surface area (Å²) in [5, 5.41) is 3.35. The Morgan fingerprint density at radius 2 is 1.89 bits per heavy atom. The number of piperazine rings is 1. The van der Waals surface area contributed by atoms with Crippen LogP contribution in [0.2, 0.25) is 0 Å². The minimum atomic E-state index is -0.0373. The molecule has 0 atom stereocenters. The van der Waals surface area contributed by atoms with Crippen molar-refractivity contribution in [3.63, 3.8) is 0 Å². The fourth-order valence-electron chi connectivity index (χ4n) is 2.54. The monoisotopic (exact) mass is 255 g/mol. The molecular formula is C14H29N3O. The smallest absolute Gasteiger partial charge is 0.224 e. The minimum Gasteiger partial charge on any atom is -0.345 e. The van der Waals surface area contributed by atoms with E-state index in [0.29, 0.717) is 12.3 Å². The van der Waals surface area contributed by atoms with Crippen LogP contribution in [0.3, 0.4) is 0 Å². The molecule has 0 aliphatic carbocycles. The van der Waals surface area contributed by atoms with Crippen molar-refractivity contribution in [1.29, 1.82) is 0 Å². The van der Waals surface area contributed by atoms with Crippen molar-refractivity contribution >= 4 is 5.91 Å². The normalized spacial score (nSPS) is 18.1. The molecular weight excluding hydrogens is 226 g/mol. The van der Waals surface area contributed by atoms with Gasteiger partial charge in [-0.25, -0.2) is 0 Å². The van der Waals surface area contributed by atoms with Gasteiger partial charge in [-0.3, -0.25) is 9.69 Å². The van der Waals surface area contributed by atoms with Gasteiger partial charge >= 0.3 is 0 Å². The Bertz CT molecular complexity index is 270. The Hall–Kier alpha value is -0.610. The Kier molecular flexibility index (Phi) is 5.60. The van der Waals surface area contributed by atoms with Crippen LogP contribution in [-0.2, 0) is 4.79 Å². The lowest BCUT2D eigenvalue weighted by Crippen LogP contribution is -2.55. The molecule has 0 aromatic heterocycles. The molecule has 1 N–H and O–H groups in total. The van der Waals surface area contributed by atoms with E-state index in [1.54, 1.807) is 0 Å². The third kappa shape index (κ3) is 4.58. The van der Waals surface area contributed by atoms with Crippen molar-refractivity contribution < 1.29 is 4.79 Å². The van der Waals surface area contributed by atoms with Crippen LogP contribution >= 0.6 is 0 Å². The van der Waals surface area contributed by atoms with Crippen LogP contribution in [0.4, 0.5) is 0 Å². The standard InChI is InChI=1S/C14H29N3O/c1-12(2)11-16(5)13(18)10-14(3,4)17-8-6-15-7-9-17/h12,15H,6-11H2,1-5H3. The molecule has 1 rings (SSSR count). The molecule has 18 heavy (non-hydrogen) atoms. The third-order valence-corrected chi connectivity index (χ3v) is 3.62. The molecule has 1 aliphatic rings. The fraction of sp³-hybridized carbons (Fsp3) is 0.929. The highest BCUT2D eigenvalue weighted by molar-refractivity contribution is 5.77. The first kappa shape index (κ1) is 15.4. The van der Waals surface area contributed by atoms with Crippen LogP contribution in [0, 0.1) is 5.92 Å². The lowest BCUT2D eigenvalue weighted by molar-refractivity contribution is -0.133. The van der Waals surface area contributed by atoms with Gasteiger partial charge in [-0.05, 0) is 19.8 Å². The number of hydrogen-bond donors (Lipinski definition) is 1. The summed E-state index contributed by atoms with van der Waals surface area (Å²) < 4.78 is 0. The second-order valence-electron chi connectivity index (χ2n) is 6.39. The van der Waals surface area contributed by atoms with Crippen molar-refractivity contribution in [2.45, 2.75) is 39.7 Å². The van der Waals surface area contributed by atoms with Crippen LogP contribution in [0.25, 0.3) is 0 Å². The minimum absolute atomic E-state index is 0.0373. The fourth-order valence-corrected chi connectivity index (χ4v) is 2.54. The molecule has 4 nitrogen and oxygen atoms in total. The van der Waals surface area contributed by atoms with Crippen LogP contribution in [0.15, 0.2) is 0 Å². The first-order valence-corrected chi connectivity index (χ1v) is 7.02. The Morgan fingerprint density at radius 1 is 1.33 bits per heavy atom. The van der Waals surface area contributed by atoms with E-state index < -0.39 is 0 Å². The first-order chi connectivity index (χ1) is 8.33. The maximum Gasteiger partial charge on any atom is 0.224 e. The van der Waals surface area contributed by atoms with Gasteiger partial charge in [-0.2, -0.15) is 0 Å². The van der Waals surface area contributed by atoms with Gasteiger partial charge in [0.05, 0.1) is 0 Å². The molecule has 0 unspecified atom stereocenters. The molecule has 0 saturated carbocycles. The topological polar surface area (TPSA) is 35.6 Å². The predicted octanol–water partition coefficient (Wildman–Crippen LogP) is 1.17. The van der Waals surface area contributed by atoms with E-state index in [1.165, 1.54) is 0 Å². The highest BCUT2D eigenvalue weighted by Crippen LogP contribution is 2.20. The number of rotatable bonds is 5. The second-order valence-corrected chi connectivity index (χ2v) is 6.39. The lowest BCUT2D eigenvalue weighted by atomic mass is 9.96. The number of amides is 1. The van der Waals surface area contributed by atoms with Crippen molar-refractivity contribution in [2.75, 3.05) is 39.8 Å². The Morgan fingerprint density at radius 3 is 2.39 bits per heavy atom. The number of nitrogens with one attached hydrogen (secondary N) is 1. The summed E-state index contributed by atoms with van der Waals surface area (Å²) in [4.78, 5) is 16.5. The summed E-state index contributed by atoms with van der Waals surface area (Å²) >= 11 is 0. The van der Waals surface area contributed by atoms with Crippen molar-refractivity contribution in [3.8, 4) is 0 Å². The van der Waals surface area contributed by atoms with Crippen LogP contribution < -0.4 is 5.32 Å². The van der Waals surface area contributed by atoms with Gasteiger partial charge in [-0.15, -0.1) is 0 Å². The molecule has 0 aromatic carbocycles. The highest BCUT2D eigenvalue weighted by Gasteiger charge is 2.31. The maximum atomic E-state index is 12.2. The van der Waals surface area contributed by atoms with Crippen molar-refractivity contribution in [3.05, 3.63) is 0 Å². The lowest BCUT2D eigenvalue weighted by Gasteiger charge is -2.41. The predicted molar refractivity (Wildman–Crippen MR) is 75.6 cm³/mol. The third-order valence-electron chi connectivity index (χ3n) is 3.62. The van der Waals surface area contributed by atoms with E-state index in [-0.39, 0.29) is 11.4 Å². The summed E-state index contributed by atoms with van der Waals surface area (Å²) in [6, 6.07) is 0. The van der Waals surface area contributed by atoms with E-state index in [9.17, 15) is 4.79 Å². The van der Waals surface area contributed by atoms with Gasteiger partial charge < -0.3 is 10.2 Å². The van der Waals surface area contributed by atoms with E-state index >= 15 is 0 Å². The maximum absolute atomic E-state index is 12.2. The molecule has 0 aromatic rings. The van der Waals surface area contributed by atoms with Gasteiger partial charge in [0.25, 0.3) is 0 Å². The number of carbonyl (C=O) groups excluding carboxylic acids is 1. The summed E-state index contributed by atoms with van der Waals surface area (Å²) in [6.07, 6.45) is 0.607. The van der Waals surface area contributed by atoms with E-state index in [2.05, 4.69) is 37.9 Å². The average Bonchev–Trinajstić information content (AvgIpc) is 2.28. The molecule has 1 heterocycles. The number of hydrogen-bond acceptors (Lipinski definition) is 3. The van der Waals surface area contributed by atoms with Crippen LogP contribution in [0.1, 0.15) is 34.1 Å². The molecule has 1 saturated heterocycles. The van der Waals surface area contributed by atoms with E-state index in [1.807, 2.05) is 11.9 Å². The number of carbonyl (C=O) groups is 1. The van der Waals surface area contributed by atoms with Gasteiger partial charge in [0.15, 0.2) is 0 Å². The second kappa shape index (κ2) is 6.53. The molecule has 0 radical (unpaired) electrons. The highest BCUT2D eigenvalue weighted by atomic mass is 16.2. The molecule has 106 valence electrons. The van der Waals surface area contributed by atoms with Crippen molar-refractivity contribution in [1.82, 2.24) is 15.1 Å². The van der Waals surface area contributed by atoms with Gasteiger partial charge in [-0.1, -0.05) is 13.8 Å². The largest absolute Gasteiger partial charge is 0.345 e. The van der Waals surface area contributed by atoms with E-state index in [0.717, 1.165) is 32.7 Å². The molecule has 1 aliphatic heterocycles. The van der Waals surface area contributed by atoms with Crippen molar-refractivity contribution in [2.24, 2.45) is 5.92 Å². The first-order valence-electron chi connectivity index (χ1n) is 7.02. The zero-order chi connectivity index (χ0) is 13.8. The molecule has 1 amide bonds. The Balaban J connectivity index is 2.50. The van der Waals surface area contributed by atoms with Crippen LogP contribution in [0.5, 0.6) is 0 Å². The van der Waals surface area contributed by atoms with Crippen LogP contribution in [-0.4, -0.2) is 61.0 Å². The molecule has 4 heteroatoms. The zero-order valence-electron chi connectivity index (χ0n) is 12.6. The SMILES string of the molecule is CC(C)CN(C)C(=O)CC(C)(C)N1CCNCC1. The molecule has 0 bridgehead atoms. The molecule has 0 spiro atoms. The average molecular weight is 255 g/mol. The summed E-state index contributed by atoms with van der Waals surface area (Å²) in [5.74, 6) is 0.786. The van der Waals surface area contributed by atoms with E-state index in [4.69, 9.17) is 0 Å². The summed E-state index contributed by atoms with van der Waals surface area (Å²) in [7, 11) is 1.91. The summed E-state index contributed by atoms with van der Waals surface area (Å²) in [5.41, 5.74) is -0.0373. The Labute approximate surface area is 112 Å².